The van der Waals surface area contributed by atoms with E-state index >= 15 is 0 Å². The number of pyridine rings is 1. The highest BCUT2D eigenvalue weighted by atomic mass is 35.5. The van der Waals surface area contributed by atoms with Gasteiger partial charge in [0.05, 0.1) is 27.5 Å². The zero-order chi connectivity index (χ0) is 21.3. The van der Waals surface area contributed by atoms with Gasteiger partial charge in [-0.3, -0.25) is 9.59 Å². The van der Waals surface area contributed by atoms with E-state index in [1.165, 1.54) is 30.5 Å². The van der Waals surface area contributed by atoms with Crippen molar-refractivity contribution in [3.8, 4) is 0 Å². The Morgan fingerprint density at radius 1 is 0.900 bits per heavy atom. The smallest absolute Gasteiger partial charge is 0.257 e. The average Bonchev–Trinajstić information content (AvgIpc) is 3.19. The maximum absolute atomic E-state index is 13.3. The number of nitrogens with zero attached hydrogens (tertiary/aromatic N) is 1. The van der Waals surface area contributed by atoms with Crippen molar-refractivity contribution in [2.24, 2.45) is 0 Å². The van der Waals surface area contributed by atoms with Crippen LogP contribution in [0.25, 0.3) is 11.0 Å². The van der Waals surface area contributed by atoms with Crippen LogP contribution in [0, 0.1) is 5.82 Å². The van der Waals surface area contributed by atoms with Crippen LogP contribution in [0.5, 0.6) is 0 Å². The van der Waals surface area contributed by atoms with Gasteiger partial charge in [-0.05, 0) is 48.5 Å². The van der Waals surface area contributed by atoms with Crippen LogP contribution in [-0.4, -0.2) is 21.8 Å². The summed E-state index contributed by atoms with van der Waals surface area (Å²) in [7, 11) is 0. The number of benzene rings is 2. The van der Waals surface area contributed by atoms with E-state index in [-0.39, 0.29) is 21.2 Å². The first-order valence-electron chi connectivity index (χ1n) is 8.71. The first kappa shape index (κ1) is 19.9. The van der Waals surface area contributed by atoms with Gasteiger partial charge in [0.2, 0.25) is 0 Å². The molecule has 4 aromatic rings. The molecule has 6 nitrogen and oxygen atoms in total. The van der Waals surface area contributed by atoms with Crippen LogP contribution >= 0.6 is 23.2 Å². The predicted molar refractivity (Wildman–Crippen MR) is 115 cm³/mol. The molecule has 30 heavy (non-hydrogen) atoms. The SMILES string of the molecule is O=C(Nc1ccc(Cl)c(C(=O)Nc2cnc3[nH]ccc3c2)c1)c1ccc(F)c(Cl)c1. The molecule has 0 aliphatic rings. The molecule has 0 saturated heterocycles. The van der Waals surface area contributed by atoms with E-state index < -0.39 is 17.6 Å². The third-order valence-corrected chi connectivity index (χ3v) is 4.93. The molecule has 0 unspecified atom stereocenters. The van der Waals surface area contributed by atoms with Gasteiger partial charge in [-0.25, -0.2) is 9.37 Å². The minimum atomic E-state index is -0.619. The summed E-state index contributed by atoms with van der Waals surface area (Å²) in [5.41, 5.74) is 1.89. The molecule has 2 heterocycles. The number of halogens is 3. The van der Waals surface area contributed by atoms with Crippen LogP contribution in [0.3, 0.4) is 0 Å². The molecule has 4 rings (SSSR count). The third-order valence-electron chi connectivity index (χ3n) is 4.31. The summed E-state index contributed by atoms with van der Waals surface area (Å²) >= 11 is 11.9. The second-order valence-electron chi connectivity index (χ2n) is 6.37. The number of amides is 2. The van der Waals surface area contributed by atoms with E-state index in [4.69, 9.17) is 23.2 Å². The van der Waals surface area contributed by atoms with Crippen LogP contribution in [-0.2, 0) is 0 Å². The topological polar surface area (TPSA) is 86.9 Å². The first-order valence-corrected chi connectivity index (χ1v) is 9.47. The predicted octanol–water partition coefficient (Wildman–Crippen LogP) is 5.51. The summed E-state index contributed by atoms with van der Waals surface area (Å²) in [5.74, 6) is -1.59. The van der Waals surface area contributed by atoms with E-state index in [2.05, 4.69) is 20.6 Å². The molecule has 2 amide bonds. The molecule has 0 bridgehead atoms. The second-order valence-corrected chi connectivity index (χ2v) is 7.19. The van der Waals surface area contributed by atoms with Crippen LogP contribution in [0.2, 0.25) is 10.0 Å². The van der Waals surface area contributed by atoms with Crippen LogP contribution in [0.4, 0.5) is 15.8 Å². The number of rotatable bonds is 4. The summed E-state index contributed by atoms with van der Waals surface area (Å²) in [4.78, 5) is 32.3. The Morgan fingerprint density at radius 3 is 2.50 bits per heavy atom. The van der Waals surface area contributed by atoms with E-state index in [1.54, 1.807) is 18.3 Å². The molecular weight excluding hydrogens is 430 g/mol. The number of anilines is 2. The minimum absolute atomic E-state index is 0.160. The van der Waals surface area contributed by atoms with Crippen molar-refractivity contribution in [1.29, 1.82) is 0 Å². The maximum atomic E-state index is 13.3. The van der Waals surface area contributed by atoms with Crippen molar-refractivity contribution in [3.63, 3.8) is 0 Å². The lowest BCUT2D eigenvalue weighted by molar-refractivity contribution is 0.101. The van der Waals surface area contributed by atoms with Gasteiger partial charge in [0.1, 0.15) is 11.5 Å². The molecule has 9 heteroatoms. The molecule has 2 aromatic heterocycles. The molecule has 3 N–H and O–H groups in total. The Morgan fingerprint density at radius 2 is 1.70 bits per heavy atom. The summed E-state index contributed by atoms with van der Waals surface area (Å²) in [5, 5.41) is 6.27. The normalized spacial score (nSPS) is 10.8. The zero-order valence-electron chi connectivity index (χ0n) is 15.2. The molecule has 150 valence electrons. The van der Waals surface area contributed by atoms with Gasteiger partial charge in [-0.15, -0.1) is 0 Å². The number of carbonyl (C=O) groups excluding carboxylic acids is 2. The van der Waals surface area contributed by atoms with E-state index in [0.29, 0.717) is 17.0 Å². The number of carbonyl (C=O) groups is 2. The third kappa shape index (κ3) is 4.12. The molecule has 0 atom stereocenters. The van der Waals surface area contributed by atoms with Gasteiger partial charge in [0.15, 0.2) is 0 Å². The molecule has 0 saturated carbocycles. The highest BCUT2D eigenvalue weighted by Crippen LogP contribution is 2.24. The molecule has 0 spiro atoms. The fourth-order valence-electron chi connectivity index (χ4n) is 2.82. The fourth-order valence-corrected chi connectivity index (χ4v) is 3.21. The van der Waals surface area contributed by atoms with Crippen LogP contribution in [0.15, 0.2) is 60.9 Å². The van der Waals surface area contributed by atoms with Crippen molar-refractivity contribution < 1.29 is 14.0 Å². The standard InChI is InChI=1S/C21H13Cl2FN4O2/c22-16-3-2-13(27-20(29)12-1-4-18(24)17(23)8-12)9-15(16)21(30)28-14-7-11-5-6-25-19(11)26-10-14/h1-10H,(H,25,26)(H,27,29)(H,28,30). The summed E-state index contributed by atoms with van der Waals surface area (Å²) in [6.07, 6.45) is 3.27. The van der Waals surface area contributed by atoms with Crippen molar-refractivity contribution in [2.45, 2.75) is 0 Å². The summed E-state index contributed by atoms with van der Waals surface area (Å²) in [6.45, 7) is 0. The minimum Gasteiger partial charge on any atom is -0.346 e. The van der Waals surface area contributed by atoms with Gasteiger partial charge < -0.3 is 15.6 Å². The Hall–Kier alpha value is -3.42. The highest BCUT2D eigenvalue weighted by Gasteiger charge is 2.15. The lowest BCUT2D eigenvalue weighted by Gasteiger charge is -2.10. The van der Waals surface area contributed by atoms with E-state index in [0.717, 1.165) is 11.5 Å². The van der Waals surface area contributed by atoms with Crippen molar-refractivity contribution >= 4 is 57.4 Å². The largest absolute Gasteiger partial charge is 0.346 e. The number of aromatic nitrogens is 2. The molecule has 2 aromatic carbocycles. The molecule has 0 fully saturated rings. The monoisotopic (exact) mass is 442 g/mol. The summed E-state index contributed by atoms with van der Waals surface area (Å²) < 4.78 is 13.3. The van der Waals surface area contributed by atoms with Crippen molar-refractivity contribution in [2.75, 3.05) is 10.6 Å². The number of hydrogen-bond donors (Lipinski definition) is 3. The Labute approximate surface area is 180 Å². The molecular formula is C21H13Cl2FN4O2. The van der Waals surface area contributed by atoms with Gasteiger partial charge in [0, 0.05) is 22.8 Å². The molecule has 0 radical (unpaired) electrons. The number of hydrogen-bond acceptors (Lipinski definition) is 3. The molecule has 0 aliphatic heterocycles. The van der Waals surface area contributed by atoms with E-state index in [9.17, 15) is 14.0 Å². The van der Waals surface area contributed by atoms with Gasteiger partial charge >= 0.3 is 0 Å². The Bertz CT molecular complexity index is 1290. The zero-order valence-corrected chi connectivity index (χ0v) is 16.7. The number of H-pyrrole nitrogens is 1. The summed E-state index contributed by atoms with van der Waals surface area (Å²) in [6, 6.07) is 11.7. The van der Waals surface area contributed by atoms with Crippen LogP contribution < -0.4 is 10.6 Å². The quantitative estimate of drug-likeness (QED) is 0.389. The fraction of sp³-hybridized carbons (Fsp3) is 0. The van der Waals surface area contributed by atoms with E-state index in [1.807, 2.05) is 6.07 Å². The highest BCUT2D eigenvalue weighted by molar-refractivity contribution is 6.34. The molecule has 0 aliphatic carbocycles. The first-order chi connectivity index (χ1) is 14.4. The number of aromatic amines is 1. The number of fused-ring (bicyclic) bond motifs is 1. The Balaban J connectivity index is 1.53. The maximum Gasteiger partial charge on any atom is 0.257 e. The average molecular weight is 443 g/mol. The number of nitrogens with one attached hydrogen (secondary N) is 3. The van der Waals surface area contributed by atoms with Gasteiger partial charge in [-0.1, -0.05) is 23.2 Å². The van der Waals surface area contributed by atoms with Gasteiger partial charge in [0.25, 0.3) is 11.8 Å². The van der Waals surface area contributed by atoms with Crippen molar-refractivity contribution in [3.05, 3.63) is 87.9 Å². The lowest BCUT2D eigenvalue weighted by atomic mass is 10.1. The van der Waals surface area contributed by atoms with Gasteiger partial charge in [-0.2, -0.15) is 0 Å². The van der Waals surface area contributed by atoms with Crippen molar-refractivity contribution in [1.82, 2.24) is 9.97 Å². The Kier molecular flexibility index (Phi) is 5.39. The van der Waals surface area contributed by atoms with Crippen LogP contribution in [0.1, 0.15) is 20.7 Å². The second kappa shape index (κ2) is 8.14. The lowest BCUT2D eigenvalue weighted by Crippen LogP contribution is -2.15.